The lowest BCUT2D eigenvalue weighted by atomic mass is 10.1. The Kier molecular flexibility index (Phi) is 2.99. The van der Waals surface area contributed by atoms with Crippen LogP contribution in [-0.2, 0) is 15.8 Å². The molecule has 106 valence electrons. The molecule has 0 bridgehead atoms. The van der Waals surface area contributed by atoms with Crippen LogP contribution in [0.1, 0.15) is 15.9 Å². The number of benzene rings is 1. The van der Waals surface area contributed by atoms with Gasteiger partial charge in [0.15, 0.2) is 0 Å². The van der Waals surface area contributed by atoms with E-state index in [2.05, 4.69) is 0 Å². The number of carboxylic acids is 1. The molecular formula is C11H5F4NO4. The highest BCUT2D eigenvalue weighted by atomic mass is 19.4. The monoisotopic (exact) mass is 291 g/mol. The van der Waals surface area contributed by atoms with Crippen LogP contribution in [0.3, 0.4) is 0 Å². The van der Waals surface area contributed by atoms with Crippen LogP contribution in [0.2, 0.25) is 0 Å². The lowest BCUT2D eigenvalue weighted by Gasteiger charge is -2.18. The maximum Gasteiger partial charge on any atom is 0.416 e. The van der Waals surface area contributed by atoms with E-state index in [4.69, 9.17) is 5.11 Å². The third kappa shape index (κ3) is 2.00. The highest BCUT2D eigenvalue weighted by Gasteiger charge is 2.44. The Morgan fingerprint density at radius 1 is 1.25 bits per heavy atom. The predicted molar refractivity (Wildman–Crippen MR) is 55.8 cm³/mol. The maximum atomic E-state index is 13.4. The Bertz CT molecular complexity index is 625. The lowest BCUT2D eigenvalue weighted by molar-refractivity contribution is -0.144. The van der Waals surface area contributed by atoms with E-state index in [1.54, 1.807) is 0 Å². The number of ketones is 1. The third-order valence-electron chi connectivity index (χ3n) is 2.67. The Morgan fingerprint density at radius 2 is 1.85 bits per heavy atom. The molecule has 0 fully saturated rings. The predicted octanol–water partition coefficient (Wildman–Crippen LogP) is 1.61. The van der Waals surface area contributed by atoms with Gasteiger partial charge in [-0.2, -0.15) is 13.2 Å². The number of carbonyl (C=O) groups excluding carboxylic acids is 2. The number of halogens is 4. The summed E-state index contributed by atoms with van der Waals surface area (Å²) >= 11 is 0. The fraction of sp³-hybridized carbons (Fsp3) is 0.182. The van der Waals surface area contributed by atoms with E-state index in [0.717, 1.165) is 0 Å². The van der Waals surface area contributed by atoms with Crippen molar-refractivity contribution in [2.24, 2.45) is 0 Å². The zero-order chi connectivity index (χ0) is 15.2. The summed E-state index contributed by atoms with van der Waals surface area (Å²) in [5.41, 5.74) is -2.36. The van der Waals surface area contributed by atoms with Crippen LogP contribution in [0, 0.1) is 0 Å². The Hall–Kier alpha value is -2.45. The van der Waals surface area contributed by atoms with Gasteiger partial charge in [0.05, 0.1) is 16.8 Å². The van der Waals surface area contributed by atoms with Gasteiger partial charge in [0.1, 0.15) is 0 Å². The van der Waals surface area contributed by atoms with Crippen LogP contribution in [0.25, 0.3) is 0 Å². The van der Waals surface area contributed by atoms with Gasteiger partial charge in [0, 0.05) is 0 Å². The standard InChI is InChI=1S/C11H5F4NO4/c12-8(10(19)20)16-6-2-1-4(11(13,14)15)3-5(6)7(17)9(16)18/h1-3,8H,(H,19,20). The van der Waals surface area contributed by atoms with Crippen molar-refractivity contribution in [1.82, 2.24) is 0 Å². The smallest absolute Gasteiger partial charge is 0.416 e. The molecule has 5 nitrogen and oxygen atoms in total. The van der Waals surface area contributed by atoms with E-state index >= 15 is 0 Å². The quantitative estimate of drug-likeness (QED) is 0.510. The van der Waals surface area contributed by atoms with E-state index in [1.165, 1.54) is 0 Å². The number of rotatable bonds is 2. The minimum Gasteiger partial charge on any atom is -0.478 e. The first-order valence-corrected chi connectivity index (χ1v) is 5.10. The number of Topliss-reactive ketones (excluding diaryl/α,β-unsaturated/α-hetero) is 1. The van der Waals surface area contributed by atoms with Crippen molar-refractivity contribution in [2.45, 2.75) is 12.5 Å². The van der Waals surface area contributed by atoms with Gasteiger partial charge in [-0.05, 0) is 18.2 Å². The first-order chi connectivity index (χ1) is 9.14. The first kappa shape index (κ1) is 14.0. The van der Waals surface area contributed by atoms with Gasteiger partial charge in [-0.15, -0.1) is 0 Å². The number of alkyl halides is 4. The first-order valence-electron chi connectivity index (χ1n) is 5.10. The normalized spacial score (nSPS) is 16.3. The molecule has 1 amide bonds. The summed E-state index contributed by atoms with van der Waals surface area (Å²) in [5.74, 6) is -4.93. The zero-order valence-electron chi connectivity index (χ0n) is 9.44. The van der Waals surface area contributed by atoms with Crippen LogP contribution in [0.4, 0.5) is 23.2 Å². The zero-order valence-corrected chi connectivity index (χ0v) is 9.44. The van der Waals surface area contributed by atoms with Gasteiger partial charge in [-0.25, -0.2) is 9.18 Å². The van der Waals surface area contributed by atoms with Crippen LogP contribution in [-0.4, -0.2) is 29.1 Å². The number of carboxylic acid groups (broad SMARTS) is 1. The summed E-state index contributed by atoms with van der Waals surface area (Å²) < 4.78 is 50.9. The van der Waals surface area contributed by atoms with E-state index in [9.17, 15) is 31.9 Å². The maximum absolute atomic E-state index is 13.4. The van der Waals surface area contributed by atoms with Crippen molar-refractivity contribution in [1.29, 1.82) is 0 Å². The molecule has 20 heavy (non-hydrogen) atoms. The number of carbonyl (C=O) groups is 3. The Labute approximate surface area is 108 Å². The fourth-order valence-corrected chi connectivity index (χ4v) is 1.77. The summed E-state index contributed by atoms with van der Waals surface area (Å²) in [6.07, 6.45) is -7.59. The second kappa shape index (κ2) is 4.29. The van der Waals surface area contributed by atoms with Crippen LogP contribution >= 0.6 is 0 Å². The van der Waals surface area contributed by atoms with Crippen molar-refractivity contribution in [3.63, 3.8) is 0 Å². The molecule has 0 saturated carbocycles. The van der Waals surface area contributed by atoms with Crippen molar-refractivity contribution < 1.29 is 37.1 Å². The minimum atomic E-state index is -4.74. The number of hydrogen-bond acceptors (Lipinski definition) is 3. The molecule has 1 aliphatic rings. The molecule has 0 aromatic heterocycles. The topological polar surface area (TPSA) is 74.7 Å². The van der Waals surface area contributed by atoms with E-state index < -0.39 is 46.9 Å². The number of anilines is 1. The molecule has 1 N–H and O–H groups in total. The molecular weight excluding hydrogens is 286 g/mol. The van der Waals surface area contributed by atoms with Gasteiger partial charge >= 0.3 is 18.1 Å². The highest BCUT2D eigenvalue weighted by Crippen LogP contribution is 2.37. The van der Waals surface area contributed by atoms with Gasteiger partial charge in [0.2, 0.25) is 0 Å². The number of hydrogen-bond donors (Lipinski definition) is 1. The van der Waals surface area contributed by atoms with E-state index in [1.807, 2.05) is 0 Å². The summed E-state index contributed by atoms with van der Waals surface area (Å²) in [4.78, 5) is 33.5. The largest absolute Gasteiger partial charge is 0.478 e. The summed E-state index contributed by atoms with van der Waals surface area (Å²) in [6.45, 7) is 0. The van der Waals surface area contributed by atoms with E-state index in [-0.39, 0.29) is 4.90 Å². The molecule has 1 aromatic rings. The summed E-state index contributed by atoms with van der Waals surface area (Å²) in [5, 5.41) is 8.50. The minimum absolute atomic E-state index is 0.0140. The lowest BCUT2D eigenvalue weighted by Crippen LogP contribution is -2.41. The van der Waals surface area contributed by atoms with Crippen molar-refractivity contribution >= 4 is 23.3 Å². The third-order valence-corrected chi connectivity index (χ3v) is 2.67. The second-order valence-corrected chi connectivity index (χ2v) is 3.91. The average Bonchev–Trinajstić information content (AvgIpc) is 2.60. The SMILES string of the molecule is O=C1C(=O)N(C(F)C(=O)O)c2ccc(C(F)(F)F)cc21. The summed E-state index contributed by atoms with van der Waals surface area (Å²) in [6, 6.07) is 1.62. The molecule has 0 aliphatic carbocycles. The average molecular weight is 291 g/mol. The molecule has 0 saturated heterocycles. The van der Waals surface area contributed by atoms with Crippen LogP contribution < -0.4 is 4.90 Å². The molecule has 0 spiro atoms. The van der Waals surface area contributed by atoms with Gasteiger partial charge < -0.3 is 5.11 Å². The molecule has 1 unspecified atom stereocenters. The van der Waals surface area contributed by atoms with Crippen molar-refractivity contribution in [3.05, 3.63) is 29.3 Å². The molecule has 9 heteroatoms. The Morgan fingerprint density at radius 3 is 2.35 bits per heavy atom. The van der Waals surface area contributed by atoms with Crippen molar-refractivity contribution in [2.75, 3.05) is 4.90 Å². The fourth-order valence-electron chi connectivity index (χ4n) is 1.77. The van der Waals surface area contributed by atoms with Crippen LogP contribution in [0.5, 0.6) is 0 Å². The van der Waals surface area contributed by atoms with Crippen LogP contribution in [0.15, 0.2) is 18.2 Å². The second-order valence-electron chi connectivity index (χ2n) is 3.91. The van der Waals surface area contributed by atoms with Gasteiger partial charge in [-0.3, -0.25) is 14.5 Å². The number of nitrogens with zero attached hydrogens (tertiary/aromatic N) is 1. The molecule has 0 radical (unpaired) electrons. The molecule has 1 aromatic carbocycles. The number of amides is 1. The van der Waals surface area contributed by atoms with Gasteiger partial charge in [0.25, 0.3) is 12.1 Å². The van der Waals surface area contributed by atoms with E-state index in [0.29, 0.717) is 18.2 Å². The van der Waals surface area contributed by atoms with Gasteiger partial charge in [-0.1, -0.05) is 0 Å². The molecule has 1 aliphatic heterocycles. The summed E-state index contributed by atoms with van der Waals surface area (Å²) in [7, 11) is 0. The molecule has 2 rings (SSSR count). The molecule has 1 atom stereocenters. The highest BCUT2D eigenvalue weighted by molar-refractivity contribution is 6.52. The van der Waals surface area contributed by atoms with Crippen molar-refractivity contribution in [3.8, 4) is 0 Å². The Balaban J connectivity index is 2.56. The number of fused-ring (bicyclic) bond motifs is 1. The number of aliphatic carboxylic acids is 1. The molecule has 1 heterocycles.